The van der Waals surface area contributed by atoms with Gasteiger partial charge < -0.3 is 9.84 Å². The summed E-state index contributed by atoms with van der Waals surface area (Å²) in [5, 5.41) is 6.83. The lowest BCUT2D eigenvalue weighted by Crippen LogP contribution is -2.09. The Morgan fingerprint density at radius 1 is 1.18 bits per heavy atom. The Morgan fingerprint density at radius 2 is 1.91 bits per heavy atom. The molecule has 0 fully saturated rings. The zero-order chi connectivity index (χ0) is 15.7. The summed E-state index contributed by atoms with van der Waals surface area (Å²) >= 11 is 4.80. The van der Waals surface area contributed by atoms with Crippen molar-refractivity contribution in [3.05, 3.63) is 57.2 Å². The van der Waals surface area contributed by atoms with Gasteiger partial charge in [0.1, 0.15) is 5.76 Å². The zero-order valence-corrected chi connectivity index (χ0v) is 14.4. The van der Waals surface area contributed by atoms with Gasteiger partial charge in [0.25, 0.3) is 5.91 Å². The van der Waals surface area contributed by atoms with E-state index in [2.05, 4.69) is 26.4 Å². The molecule has 112 valence electrons. The first-order chi connectivity index (χ1) is 10.5. The lowest BCUT2D eigenvalue weighted by atomic mass is 10.2. The van der Waals surface area contributed by atoms with Crippen LogP contribution in [0.1, 0.15) is 21.1 Å². The summed E-state index contributed by atoms with van der Waals surface area (Å²) in [4.78, 5) is 13.9. The molecule has 1 N–H and O–H groups in total. The molecular formula is C16H13BrN2O2S. The van der Waals surface area contributed by atoms with Crippen molar-refractivity contribution in [2.45, 2.75) is 13.8 Å². The number of thiophene rings is 1. The molecular weight excluding hydrogens is 364 g/mol. The number of rotatable bonds is 3. The van der Waals surface area contributed by atoms with Gasteiger partial charge in [0.2, 0.25) is 0 Å². The molecule has 4 nitrogen and oxygen atoms in total. The number of hydrogen-bond acceptors (Lipinski definition) is 4. The van der Waals surface area contributed by atoms with Crippen LogP contribution >= 0.6 is 27.3 Å². The van der Waals surface area contributed by atoms with E-state index in [4.69, 9.17) is 4.52 Å². The second kappa shape index (κ2) is 6.06. The van der Waals surface area contributed by atoms with Gasteiger partial charge in [-0.25, -0.2) is 0 Å². The molecule has 0 saturated carbocycles. The van der Waals surface area contributed by atoms with Crippen LogP contribution in [0.2, 0.25) is 0 Å². The lowest BCUT2D eigenvalue weighted by Gasteiger charge is -2.03. The summed E-state index contributed by atoms with van der Waals surface area (Å²) in [5.74, 6) is 0.643. The number of nitrogens with one attached hydrogen (secondary N) is 1. The molecule has 1 amide bonds. The Morgan fingerprint density at radius 3 is 2.55 bits per heavy atom. The van der Waals surface area contributed by atoms with Gasteiger partial charge in [0.15, 0.2) is 0 Å². The molecule has 0 aliphatic rings. The molecule has 0 radical (unpaired) electrons. The number of amides is 1. The molecule has 3 aromatic rings. The van der Waals surface area contributed by atoms with Crippen molar-refractivity contribution < 1.29 is 9.32 Å². The highest BCUT2D eigenvalue weighted by Gasteiger charge is 2.16. The van der Waals surface area contributed by atoms with Gasteiger partial charge >= 0.3 is 0 Å². The maximum atomic E-state index is 12.3. The second-order valence-electron chi connectivity index (χ2n) is 4.82. The van der Waals surface area contributed by atoms with Crippen LogP contribution in [0.25, 0.3) is 10.4 Å². The van der Waals surface area contributed by atoms with Crippen LogP contribution in [0, 0.1) is 13.8 Å². The summed E-state index contributed by atoms with van der Waals surface area (Å²) in [5.41, 5.74) is 2.56. The monoisotopic (exact) mass is 376 g/mol. The standard InChI is InChI=1S/C16H13BrN2O2S/c1-9-15(10(2)21-19-9)13-7-8-14(22-13)16(20)18-12-5-3-11(17)4-6-12/h3-8H,1-2H3,(H,18,20). The smallest absolute Gasteiger partial charge is 0.265 e. The van der Waals surface area contributed by atoms with E-state index < -0.39 is 0 Å². The quantitative estimate of drug-likeness (QED) is 0.696. The number of anilines is 1. The van der Waals surface area contributed by atoms with Crippen molar-refractivity contribution in [2.24, 2.45) is 0 Å². The molecule has 2 heterocycles. The fraction of sp³-hybridized carbons (Fsp3) is 0.125. The first-order valence-electron chi connectivity index (χ1n) is 6.64. The third-order valence-corrected chi connectivity index (χ3v) is 4.84. The number of carbonyl (C=O) groups is 1. The van der Waals surface area contributed by atoms with Crippen molar-refractivity contribution in [1.29, 1.82) is 0 Å². The van der Waals surface area contributed by atoms with Crippen LogP contribution < -0.4 is 5.32 Å². The number of carbonyl (C=O) groups excluding carboxylic acids is 1. The van der Waals surface area contributed by atoms with Gasteiger partial charge in [-0.1, -0.05) is 21.1 Å². The summed E-state index contributed by atoms with van der Waals surface area (Å²) in [7, 11) is 0. The maximum absolute atomic E-state index is 12.3. The molecule has 1 aromatic carbocycles. The van der Waals surface area contributed by atoms with Gasteiger partial charge in [0, 0.05) is 15.0 Å². The predicted molar refractivity (Wildman–Crippen MR) is 91.4 cm³/mol. The summed E-state index contributed by atoms with van der Waals surface area (Å²) < 4.78 is 6.15. The molecule has 0 spiro atoms. The van der Waals surface area contributed by atoms with Crippen LogP contribution in [0.5, 0.6) is 0 Å². The Bertz CT molecular complexity index is 802. The number of halogens is 1. The van der Waals surface area contributed by atoms with E-state index >= 15 is 0 Å². The van der Waals surface area contributed by atoms with Crippen molar-refractivity contribution in [1.82, 2.24) is 5.16 Å². The van der Waals surface area contributed by atoms with Crippen molar-refractivity contribution in [3.8, 4) is 10.4 Å². The lowest BCUT2D eigenvalue weighted by molar-refractivity contribution is 0.103. The Hall–Kier alpha value is -1.92. The van der Waals surface area contributed by atoms with Crippen LogP contribution in [-0.4, -0.2) is 11.1 Å². The molecule has 3 rings (SSSR count). The highest BCUT2D eigenvalue weighted by atomic mass is 79.9. The SMILES string of the molecule is Cc1noc(C)c1-c1ccc(C(=O)Nc2ccc(Br)cc2)s1. The molecule has 6 heteroatoms. The highest BCUT2D eigenvalue weighted by molar-refractivity contribution is 9.10. The van der Waals surface area contributed by atoms with E-state index in [0.717, 1.165) is 32.1 Å². The molecule has 0 atom stereocenters. The van der Waals surface area contributed by atoms with Gasteiger partial charge in [0.05, 0.1) is 16.1 Å². The van der Waals surface area contributed by atoms with E-state index in [1.165, 1.54) is 11.3 Å². The Balaban J connectivity index is 1.81. The average molecular weight is 377 g/mol. The summed E-state index contributed by atoms with van der Waals surface area (Å²) in [6, 6.07) is 11.2. The van der Waals surface area contributed by atoms with Crippen LogP contribution in [0.15, 0.2) is 45.4 Å². The average Bonchev–Trinajstić information content (AvgIpc) is 3.08. The topological polar surface area (TPSA) is 55.1 Å². The maximum Gasteiger partial charge on any atom is 0.265 e. The van der Waals surface area contributed by atoms with Crippen molar-refractivity contribution >= 4 is 38.9 Å². The normalized spacial score (nSPS) is 10.7. The molecule has 0 aliphatic carbocycles. The molecule has 0 saturated heterocycles. The third-order valence-electron chi connectivity index (χ3n) is 3.21. The fourth-order valence-corrected chi connectivity index (χ4v) is 3.47. The minimum Gasteiger partial charge on any atom is -0.361 e. The Labute approximate surface area is 140 Å². The van der Waals surface area contributed by atoms with E-state index in [-0.39, 0.29) is 5.91 Å². The fourth-order valence-electron chi connectivity index (χ4n) is 2.15. The molecule has 0 bridgehead atoms. The summed E-state index contributed by atoms with van der Waals surface area (Å²) in [6.45, 7) is 3.77. The highest BCUT2D eigenvalue weighted by Crippen LogP contribution is 2.33. The minimum atomic E-state index is -0.120. The van der Waals surface area contributed by atoms with Crippen LogP contribution in [0.4, 0.5) is 5.69 Å². The van der Waals surface area contributed by atoms with Gasteiger partial charge in [-0.3, -0.25) is 4.79 Å². The summed E-state index contributed by atoms with van der Waals surface area (Å²) in [6.07, 6.45) is 0. The number of hydrogen-bond donors (Lipinski definition) is 1. The van der Waals surface area contributed by atoms with E-state index in [1.807, 2.05) is 50.2 Å². The number of aromatic nitrogens is 1. The van der Waals surface area contributed by atoms with Crippen molar-refractivity contribution in [2.75, 3.05) is 5.32 Å². The van der Waals surface area contributed by atoms with E-state index in [1.54, 1.807) is 0 Å². The molecule has 0 aliphatic heterocycles. The third kappa shape index (κ3) is 2.98. The van der Waals surface area contributed by atoms with Gasteiger partial charge in [-0.2, -0.15) is 0 Å². The number of nitrogens with zero attached hydrogens (tertiary/aromatic N) is 1. The predicted octanol–water partition coefficient (Wildman–Crippen LogP) is 5.03. The molecule has 2 aromatic heterocycles. The largest absolute Gasteiger partial charge is 0.361 e. The number of benzene rings is 1. The molecule has 22 heavy (non-hydrogen) atoms. The van der Waals surface area contributed by atoms with Crippen molar-refractivity contribution in [3.63, 3.8) is 0 Å². The van der Waals surface area contributed by atoms with Crippen LogP contribution in [0.3, 0.4) is 0 Å². The van der Waals surface area contributed by atoms with E-state index in [0.29, 0.717) is 4.88 Å². The molecule has 0 unspecified atom stereocenters. The minimum absolute atomic E-state index is 0.120. The zero-order valence-electron chi connectivity index (χ0n) is 12.0. The van der Waals surface area contributed by atoms with Gasteiger partial charge in [-0.05, 0) is 50.2 Å². The Kier molecular flexibility index (Phi) is 4.13. The van der Waals surface area contributed by atoms with Gasteiger partial charge in [-0.15, -0.1) is 11.3 Å². The first-order valence-corrected chi connectivity index (χ1v) is 8.25. The number of aryl methyl sites for hydroxylation is 2. The first kappa shape index (κ1) is 15.0. The van der Waals surface area contributed by atoms with E-state index in [9.17, 15) is 4.79 Å². The second-order valence-corrected chi connectivity index (χ2v) is 6.82. The van der Waals surface area contributed by atoms with Crippen LogP contribution in [-0.2, 0) is 0 Å².